The first kappa shape index (κ1) is 27.2. The van der Waals surface area contributed by atoms with Crippen LogP contribution in [0.25, 0.3) is 0 Å². The van der Waals surface area contributed by atoms with Crippen molar-refractivity contribution in [2.24, 2.45) is 0 Å². The highest BCUT2D eigenvalue weighted by molar-refractivity contribution is 5.67. The topological polar surface area (TPSA) is 149 Å². The van der Waals surface area contributed by atoms with Gasteiger partial charge < -0.3 is 40.3 Å². The third-order valence-electron chi connectivity index (χ3n) is 3.83. The number of ether oxygens (including phenoxy) is 2. The van der Waals surface area contributed by atoms with Crippen molar-refractivity contribution in [1.29, 1.82) is 0 Å². The second-order valence-electron chi connectivity index (χ2n) is 7.90. The first-order chi connectivity index (χ1) is 15.1. The lowest BCUT2D eigenvalue weighted by Crippen LogP contribution is -2.34. The van der Waals surface area contributed by atoms with Crippen LogP contribution in [-0.4, -0.2) is 50.4 Å². The van der Waals surface area contributed by atoms with Gasteiger partial charge in [0.25, 0.3) is 0 Å². The first-order valence-electron chi connectivity index (χ1n) is 10.1. The second kappa shape index (κ2) is 13.5. The number of hydrogen-bond donors (Lipinski definition) is 6. The normalized spacial score (nSPS) is 10.7. The van der Waals surface area contributed by atoms with Crippen molar-refractivity contribution in [2.75, 3.05) is 13.2 Å². The number of phenols is 1. The minimum absolute atomic E-state index is 0.0700. The van der Waals surface area contributed by atoms with Gasteiger partial charge in [-0.05, 0) is 67.3 Å². The highest BCUT2D eigenvalue weighted by Gasteiger charge is 2.15. The molecule has 2 aromatic carbocycles. The maximum atomic E-state index is 11.4. The van der Waals surface area contributed by atoms with Gasteiger partial charge in [0, 0.05) is 0 Å². The molecule has 0 heterocycles. The fourth-order valence-corrected chi connectivity index (χ4v) is 2.56. The van der Waals surface area contributed by atoms with Crippen LogP contribution in [0.4, 0.5) is 4.79 Å². The van der Waals surface area contributed by atoms with E-state index in [9.17, 15) is 4.79 Å². The van der Waals surface area contributed by atoms with Crippen molar-refractivity contribution in [3.05, 3.63) is 58.7 Å². The Bertz CT molecular complexity index is 804. The summed E-state index contributed by atoms with van der Waals surface area (Å²) in [7, 11) is 0. The standard InChI is InChI=1S/C15H23NO5.C8H10O3/c1-15(2,3)21-14(19)16-4-5-20-13-7-11(9-17)6-12(8-13)10-18;9-4-6-1-7(5-10)3-8(11)2-6/h6-8,17-18H,4-5,9-10H2,1-3H3,(H,16,19);1-3,9-11H,4-5H2. The number of rotatable bonds is 8. The van der Waals surface area contributed by atoms with Crippen LogP contribution in [0.15, 0.2) is 36.4 Å². The molecule has 1 amide bonds. The Morgan fingerprint density at radius 2 is 1.25 bits per heavy atom. The summed E-state index contributed by atoms with van der Waals surface area (Å²) < 4.78 is 10.6. The van der Waals surface area contributed by atoms with Crippen molar-refractivity contribution in [1.82, 2.24) is 5.32 Å². The third-order valence-corrected chi connectivity index (χ3v) is 3.83. The quantitative estimate of drug-likeness (QED) is 0.334. The summed E-state index contributed by atoms with van der Waals surface area (Å²) in [5.41, 5.74) is 2.01. The lowest BCUT2D eigenvalue weighted by molar-refractivity contribution is 0.0520. The van der Waals surface area contributed by atoms with Gasteiger partial charge in [-0.15, -0.1) is 0 Å². The van der Waals surface area contributed by atoms with Gasteiger partial charge >= 0.3 is 6.09 Å². The van der Waals surface area contributed by atoms with E-state index in [0.29, 0.717) is 34.5 Å². The molecule has 0 unspecified atom stereocenters. The fourth-order valence-electron chi connectivity index (χ4n) is 2.56. The van der Waals surface area contributed by atoms with E-state index in [1.807, 2.05) is 0 Å². The summed E-state index contributed by atoms with van der Waals surface area (Å²) in [6.07, 6.45) is -0.494. The Morgan fingerprint density at radius 1 is 0.812 bits per heavy atom. The summed E-state index contributed by atoms with van der Waals surface area (Å²) in [5.74, 6) is 0.609. The SMILES string of the molecule is CC(C)(C)OC(=O)NCCOc1cc(CO)cc(CO)c1.OCc1cc(O)cc(CO)c1. The zero-order valence-corrected chi connectivity index (χ0v) is 18.7. The highest BCUT2D eigenvalue weighted by atomic mass is 16.6. The van der Waals surface area contributed by atoms with Crippen molar-refractivity contribution in [3.63, 3.8) is 0 Å². The molecule has 0 aromatic heterocycles. The monoisotopic (exact) mass is 451 g/mol. The molecule has 0 atom stereocenters. The van der Waals surface area contributed by atoms with Crippen LogP contribution in [0.1, 0.15) is 43.0 Å². The average molecular weight is 452 g/mol. The maximum Gasteiger partial charge on any atom is 0.407 e. The van der Waals surface area contributed by atoms with Gasteiger partial charge in [0.1, 0.15) is 23.7 Å². The molecule has 0 fully saturated rings. The Hall–Kier alpha value is -2.85. The molecule has 9 nitrogen and oxygen atoms in total. The summed E-state index contributed by atoms with van der Waals surface area (Å²) in [5, 5.41) is 47.2. The molecule has 2 aromatic rings. The lowest BCUT2D eigenvalue weighted by atomic mass is 10.1. The Balaban J connectivity index is 0.000000389. The zero-order valence-electron chi connectivity index (χ0n) is 18.7. The first-order valence-corrected chi connectivity index (χ1v) is 10.1. The molecule has 178 valence electrons. The van der Waals surface area contributed by atoms with Crippen LogP contribution in [0.2, 0.25) is 0 Å². The largest absolute Gasteiger partial charge is 0.508 e. The van der Waals surface area contributed by atoms with Gasteiger partial charge in [-0.3, -0.25) is 0 Å². The van der Waals surface area contributed by atoms with Crippen LogP contribution in [0.5, 0.6) is 11.5 Å². The number of aromatic hydroxyl groups is 1. The summed E-state index contributed by atoms with van der Waals surface area (Å²) in [6.45, 7) is 5.44. The van der Waals surface area contributed by atoms with Gasteiger partial charge in [0.2, 0.25) is 0 Å². The lowest BCUT2D eigenvalue weighted by Gasteiger charge is -2.19. The predicted octanol–water partition coefficient (Wildman–Crippen LogP) is 1.95. The fraction of sp³-hybridized carbons (Fsp3) is 0.435. The molecule has 0 saturated carbocycles. The van der Waals surface area contributed by atoms with Gasteiger partial charge in [0.15, 0.2) is 0 Å². The number of amides is 1. The number of nitrogens with one attached hydrogen (secondary N) is 1. The van der Waals surface area contributed by atoms with E-state index in [4.69, 9.17) is 35.0 Å². The summed E-state index contributed by atoms with van der Waals surface area (Å²) in [6, 6.07) is 9.63. The molecule has 0 aliphatic rings. The van der Waals surface area contributed by atoms with Crippen molar-refractivity contribution >= 4 is 6.09 Å². The molecule has 6 N–H and O–H groups in total. The molecule has 0 bridgehead atoms. The highest BCUT2D eigenvalue weighted by Crippen LogP contribution is 2.18. The van der Waals surface area contributed by atoms with E-state index < -0.39 is 11.7 Å². The number of aliphatic hydroxyl groups is 4. The van der Waals surface area contributed by atoms with Crippen molar-refractivity contribution in [3.8, 4) is 11.5 Å². The Morgan fingerprint density at radius 3 is 1.66 bits per heavy atom. The maximum absolute atomic E-state index is 11.4. The number of hydrogen-bond acceptors (Lipinski definition) is 8. The molecular formula is C23H33NO8. The van der Waals surface area contributed by atoms with E-state index in [1.165, 1.54) is 12.1 Å². The molecule has 0 radical (unpaired) electrons. The van der Waals surface area contributed by atoms with Crippen LogP contribution < -0.4 is 10.1 Å². The number of carbonyl (C=O) groups is 1. The van der Waals surface area contributed by atoms with Crippen LogP contribution in [0.3, 0.4) is 0 Å². The van der Waals surface area contributed by atoms with Crippen LogP contribution in [-0.2, 0) is 31.2 Å². The van der Waals surface area contributed by atoms with Gasteiger partial charge in [-0.25, -0.2) is 4.79 Å². The van der Waals surface area contributed by atoms with Crippen molar-refractivity contribution < 1.29 is 39.8 Å². The molecular weight excluding hydrogens is 418 g/mol. The van der Waals surface area contributed by atoms with E-state index >= 15 is 0 Å². The number of carbonyl (C=O) groups excluding carboxylic acids is 1. The van der Waals surface area contributed by atoms with E-state index in [0.717, 1.165) is 0 Å². The summed E-state index contributed by atoms with van der Waals surface area (Å²) in [4.78, 5) is 11.4. The Labute approximate surface area is 187 Å². The minimum Gasteiger partial charge on any atom is -0.508 e. The molecule has 2 rings (SSSR count). The van der Waals surface area contributed by atoms with Gasteiger partial charge in [-0.1, -0.05) is 12.1 Å². The average Bonchev–Trinajstić information content (AvgIpc) is 2.75. The number of phenolic OH excluding ortho intramolecular Hbond substituents is 1. The summed E-state index contributed by atoms with van der Waals surface area (Å²) >= 11 is 0. The van der Waals surface area contributed by atoms with Crippen LogP contribution >= 0.6 is 0 Å². The molecule has 0 saturated heterocycles. The smallest absolute Gasteiger partial charge is 0.407 e. The predicted molar refractivity (Wildman–Crippen MR) is 118 cm³/mol. The molecule has 0 aliphatic heterocycles. The molecule has 0 spiro atoms. The van der Waals surface area contributed by atoms with Crippen LogP contribution in [0, 0.1) is 0 Å². The Kier molecular flexibility index (Phi) is 11.5. The van der Waals surface area contributed by atoms with E-state index in [1.54, 1.807) is 45.0 Å². The van der Waals surface area contributed by atoms with E-state index in [2.05, 4.69) is 5.32 Å². The number of benzene rings is 2. The zero-order chi connectivity index (χ0) is 24.1. The number of aliphatic hydroxyl groups excluding tert-OH is 4. The molecule has 32 heavy (non-hydrogen) atoms. The minimum atomic E-state index is -0.531. The molecule has 9 heteroatoms. The van der Waals surface area contributed by atoms with Gasteiger partial charge in [-0.2, -0.15) is 0 Å². The number of alkyl carbamates (subject to hydrolysis) is 1. The van der Waals surface area contributed by atoms with Crippen molar-refractivity contribution in [2.45, 2.75) is 52.8 Å². The van der Waals surface area contributed by atoms with Gasteiger partial charge in [0.05, 0.1) is 33.0 Å². The van der Waals surface area contributed by atoms with E-state index in [-0.39, 0.29) is 38.8 Å². The third kappa shape index (κ3) is 11.0. The second-order valence-corrected chi connectivity index (χ2v) is 7.90. The molecule has 0 aliphatic carbocycles.